The lowest BCUT2D eigenvalue weighted by atomic mass is 10.7. The number of rotatable bonds is 2. The van der Waals surface area contributed by atoms with Crippen molar-refractivity contribution in [1.29, 1.82) is 0 Å². The first-order valence-corrected chi connectivity index (χ1v) is 1.71. The van der Waals surface area contributed by atoms with Crippen LogP contribution in [-0.2, 0) is 4.79 Å². The minimum atomic E-state index is 0.170. The van der Waals surface area contributed by atoms with Crippen LogP contribution in [0.4, 0.5) is 0 Å². The number of hydrogen-bond acceptors (Lipinski definition) is 2. The molecule has 0 unspecified atom stereocenters. The van der Waals surface area contributed by atoms with E-state index in [0.29, 0.717) is 6.41 Å². The van der Waals surface area contributed by atoms with Crippen LogP contribution in [0, 0.1) is 12.3 Å². The minimum absolute atomic E-state index is 0.170. The summed E-state index contributed by atoms with van der Waals surface area (Å²) in [6.07, 6.45) is 5.25. The monoisotopic (exact) mass is 98.0 g/mol. The molecule has 0 saturated carbocycles. The Hall–Kier alpha value is -1.01. The van der Waals surface area contributed by atoms with Gasteiger partial charge in [-0.2, -0.15) is 0 Å². The zero-order valence-corrected chi connectivity index (χ0v) is 3.79. The molecule has 1 amide bonds. The third-order valence-corrected chi connectivity index (χ3v) is 0.409. The molecule has 0 fully saturated rings. The highest BCUT2D eigenvalue weighted by Crippen LogP contribution is 1.61. The highest BCUT2D eigenvalue weighted by molar-refractivity contribution is 5.46. The van der Waals surface area contributed by atoms with E-state index in [1.165, 1.54) is 0 Å². The zero-order chi connectivity index (χ0) is 5.70. The van der Waals surface area contributed by atoms with Gasteiger partial charge in [-0.25, -0.2) is 5.84 Å². The molecule has 0 aliphatic carbocycles. The molecular weight excluding hydrogens is 92.1 g/mol. The highest BCUT2D eigenvalue weighted by atomic mass is 16.1. The Morgan fingerprint density at radius 1 is 2.00 bits per heavy atom. The second kappa shape index (κ2) is 3.19. The summed E-state index contributed by atoms with van der Waals surface area (Å²) in [5.41, 5.74) is 0. The maximum Gasteiger partial charge on any atom is 0.224 e. The number of hydrogen-bond donors (Lipinski definition) is 1. The van der Waals surface area contributed by atoms with Gasteiger partial charge in [0.25, 0.3) is 0 Å². The standard InChI is InChI=1S/C4H6N2O/c1-2-3-6(5)4-7/h1,4H,3,5H2. The topological polar surface area (TPSA) is 46.3 Å². The van der Waals surface area contributed by atoms with Gasteiger partial charge in [-0.05, 0) is 0 Å². The van der Waals surface area contributed by atoms with Crippen LogP contribution in [0.5, 0.6) is 0 Å². The van der Waals surface area contributed by atoms with Gasteiger partial charge in [0.2, 0.25) is 6.41 Å². The molecule has 2 N–H and O–H groups in total. The molecule has 0 aromatic heterocycles. The lowest BCUT2D eigenvalue weighted by Crippen LogP contribution is -2.29. The van der Waals surface area contributed by atoms with Crippen LogP contribution in [0.2, 0.25) is 0 Å². The lowest BCUT2D eigenvalue weighted by Gasteiger charge is -2.01. The van der Waals surface area contributed by atoms with Crippen LogP contribution >= 0.6 is 0 Å². The second-order valence-corrected chi connectivity index (χ2v) is 0.982. The molecule has 0 aliphatic heterocycles. The van der Waals surface area contributed by atoms with E-state index in [0.717, 1.165) is 5.01 Å². The quantitative estimate of drug-likeness (QED) is 0.157. The number of terminal acetylenes is 1. The third kappa shape index (κ3) is 2.80. The van der Waals surface area contributed by atoms with Gasteiger partial charge in [0.15, 0.2) is 0 Å². The maximum atomic E-state index is 9.60. The van der Waals surface area contributed by atoms with E-state index in [4.69, 9.17) is 12.3 Å². The molecule has 0 heterocycles. The number of carbonyl (C=O) groups excluding carboxylic acids is 1. The Bertz CT molecular complexity index is 94.4. The summed E-state index contributed by atoms with van der Waals surface area (Å²) < 4.78 is 0. The van der Waals surface area contributed by atoms with Crippen molar-refractivity contribution >= 4 is 6.41 Å². The van der Waals surface area contributed by atoms with E-state index in [1.54, 1.807) is 0 Å². The summed E-state index contributed by atoms with van der Waals surface area (Å²) in [4.78, 5) is 9.60. The largest absolute Gasteiger partial charge is 0.277 e. The van der Waals surface area contributed by atoms with Crippen LogP contribution in [0.3, 0.4) is 0 Å². The number of carbonyl (C=O) groups is 1. The average molecular weight is 98.1 g/mol. The summed E-state index contributed by atoms with van der Waals surface area (Å²) in [5, 5.41) is 0.889. The Labute approximate surface area is 42.1 Å². The molecule has 0 spiro atoms. The fraction of sp³-hybridized carbons (Fsp3) is 0.250. The fourth-order valence-corrected chi connectivity index (χ4v) is 0.143. The van der Waals surface area contributed by atoms with Crippen molar-refractivity contribution < 1.29 is 4.79 Å². The van der Waals surface area contributed by atoms with Crippen molar-refractivity contribution in [3.8, 4) is 12.3 Å². The number of hydrazine groups is 1. The van der Waals surface area contributed by atoms with Crippen molar-refractivity contribution in [2.24, 2.45) is 5.84 Å². The van der Waals surface area contributed by atoms with Gasteiger partial charge in [-0.3, -0.25) is 9.80 Å². The zero-order valence-electron chi connectivity index (χ0n) is 3.79. The van der Waals surface area contributed by atoms with Crippen LogP contribution in [0.25, 0.3) is 0 Å². The summed E-state index contributed by atoms with van der Waals surface area (Å²) >= 11 is 0. The van der Waals surface area contributed by atoms with Crippen molar-refractivity contribution in [1.82, 2.24) is 5.01 Å². The molecule has 3 nitrogen and oxygen atoms in total. The molecule has 0 atom stereocenters. The van der Waals surface area contributed by atoms with Crippen molar-refractivity contribution in [2.45, 2.75) is 0 Å². The van der Waals surface area contributed by atoms with Crippen molar-refractivity contribution in [3.63, 3.8) is 0 Å². The first kappa shape index (κ1) is 5.99. The first-order chi connectivity index (χ1) is 3.31. The normalized spacial score (nSPS) is 6.86. The summed E-state index contributed by atoms with van der Waals surface area (Å²) in [6, 6.07) is 0. The van der Waals surface area contributed by atoms with Gasteiger partial charge >= 0.3 is 0 Å². The van der Waals surface area contributed by atoms with Gasteiger partial charge in [-0.15, -0.1) is 6.42 Å². The third-order valence-electron chi connectivity index (χ3n) is 0.409. The van der Waals surface area contributed by atoms with Crippen LogP contribution in [0.1, 0.15) is 0 Å². The molecule has 38 valence electrons. The maximum absolute atomic E-state index is 9.60. The number of nitrogens with zero attached hydrogens (tertiary/aromatic N) is 1. The highest BCUT2D eigenvalue weighted by Gasteiger charge is 1.82. The van der Waals surface area contributed by atoms with Crippen LogP contribution in [0.15, 0.2) is 0 Å². The van der Waals surface area contributed by atoms with Gasteiger partial charge in [-0.1, -0.05) is 5.92 Å². The molecule has 3 heteroatoms. The van der Waals surface area contributed by atoms with E-state index in [-0.39, 0.29) is 6.54 Å². The van der Waals surface area contributed by atoms with E-state index >= 15 is 0 Å². The molecular formula is C4H6N2O. The molecule has 0 aliphatic rings. The number of amides is 1. The Morgan fingerprint density at radius 3 is 2.71 bits per heavy atom. The Morgan fingerprint density at radius 2 is 2.57 bits per heavy atom. The predicted octanol–water partition coefficient (Wildman–Crippen LogP) is -1.05. The van der Waals surface area contributed by atoms with Gasteiger partial charge < -0.3 is 0 Å². The second-order valence-electron chi connectivity index (χ2n) is 0.982. The minimum Gasteiger partial charge on any atom is -0.277 e. The Balaban J connectivity index is 3.21. The Kier molecular flexibility index (Phi) is 2.73. The molecule has 0 aromatic carbocycles. The van der Waals surface area contributed by atoms with E-state index < -0.39 is 0 Å². The summed E-state index contributed by atoms with van der Waals surface area (Å²) in [6.45, 7) is 0.170. The SMILES string of the molecule is C#CCN(N)C=O. The fourth-order valence-electron chi connectivity index (χ4n) is 0.143. The van der Waals surface area contributed by atoms with Gasteiger partial charge in [0, 0.05) is 0 Å². The lowest BCUT2D eigenvalue weighted by molar-refractivity contribution is -0.117. The van der Waals surface area contributed by atoms with Crippen LogP contribution in [-0.4, -0.2) is 18.0 Å². The van der Waals surface area contributed by atoms with Gasteiger partial charge in [0.05, 0.1) is 6.54 Å². The molecule has 7 heavy (non-hydrogen) atoms. The average Bonchev–Trinajstić information content (AvgIpc) is 1.68. The smallest absolute Gasteiger partial charge is 0.224 e. The first-order valence-electron chi connectivity index (χ1n) is 1.71. The van der Waals surface area contributed by atoms with Crippen molar-refractivity contribution in [2.75, 3.05) is 6.54 Å². The van der Waals surface area contributed by atoms with E-state index in [9.17, 15) is 4.79 Å². The summed E-state index contributed by atoms with van der Waals surface area (Å²) in [7, 11) is 0. The number of nitrogens with two attached hydrogens (primary N) is 1. The van der Waals surface area contributed by atoms with Crippen LogP contribution < -0.4 is 5.84 Å². The molecule has 0 saturated heterocycles. The molecule has 0 rings (SSSR count). The summed E-state index contributed by atoms with van der Waals surface area (Å²) in [5.74, 6) is 7.09. The van der Waals surface area contributed by atoms with Gasteiger partial charge in [0.1, 0.15) is 0 Å². The molecule has 0 bridgehead atoms. The predicted molar refractivity (Wildman–Crippen MR) is 25.8 cm³/mol. The van der Waals surface area contributed by atoms with E-state index in [2.05, 4.69) is 5.92 Å². The van der Waals surface area contributed by atoms with Crippen molar-refractivity contribution in [3.05, 3.63) is 0 Å². The molecule has 0 radical (unpaired) electrons. The van der Waals surface area contributed by atoms with E-state index in [1.807, 2.05) is 0 Å². The molecule has 0 aromatic rings.